The van der Waals surface area contributed by atoms with Crippen LogP contribution in [0, 0.1) is 71.2 Å². The summed E-state index contributed by atoms with van der Waals surface area (Å²) in [5, 5.41) is 4.42. The number of halogens is 10. The first-order valence-electron chi connectivity index (χ1n) is 11.7. The maximum Gasteiger partial charge on any atom is 2.00 e. The van der Waals surface area contributed by atoms with Gasteiger partial charge >= 0.3 is 26.2 Å². The van der Waals surface area contributed by atoms with E-state index in [2.05, 4.69) is 62.7 Å². The molecule has 0 amide bonds. The molecule has 0 spiro atoms. The fourth-order valence-corrected chi connectivity index (χ4v) is 5.38. The molecule has 0 aliphatic heterocycles. The van der Waals surface area contributed by atoms with E-state index in [1.807, 2.05) is 12.2 Å². The van der Waals surface area contributed by atoms with Crippen molar-refractivity contribution >= 4 is 42.2 Å². The second kappa shape index (κ2) is 15.2. The topological polar surface area (TPSA) is 0 Å². The molecule has 0 fully saturated rings. The summed E-state index contributed by atoms with van der Waals surface area (Å²) < 4.78 is 131. The Morgan fingerprint density at radius 3 is 1.48 bits per heavy atom. The van der Waals surface area contributed by atoms with E-state index in [4.69, 9.17) is 0 Å². The van der Waals surface area contributed by atoms with Gasteiger partial charge in [0.25, 0.3) is 0 Å². The SMILES string of the molecule is Cc1cc2ccccc2[c-]1P(C)C.Fc1c(F)c(F)c([B]c2c(F)c(F)c(F)c(F)c2F)c(F)c1F.[C-]1=CC=CC1.[Zr+2]. The molecule has 217 valence electrons. The summed E-state index contributed by atoms with van der Waals surface area (Å²) >= 11 is 0. The van der Waals surface area contributed by atoms with Gasteiger partial charge in [-0.3, -0.25) is 6.08 Å². The molecule has 0 heterocycles. The van der Waals surface area contributed by atoms with Gasteiger partial charge in [-0.05, 0) is 24.3 Å². The Morgan fingerprint density at radius 1 is 0.690 bits per heavy atom. The summed E-state index contributed by atoms with van der Waals surface area (Å²) in [6.45, 7) is 6.87. The maximum absolute atomic E-state index is 13.4. The quantitative estimate of drug-likeness (QED) is 0.0530. The van der Waals surface area contributed by atoms with Gasteiger partial charge in [0.15, 0.2) is 58.2 Å². The molecule has 42 heavy (non-hydrogen) atoms. The zero-order valence-corrected chi connectivity index (χ0v) is 25.5. The van der Waals surface area contributed by atoms with Crippen LogP contribution in [0.3, 0.4) is 0 Å². The van der Waals surface area contributed by atoms with E-state index in [0.717, 1.165) is 6.42 Å². The van der Waals surface area contributed by atoms with Crippen LogP contribution in [-0.4, -0.2) is 20.6 Å². The molecule has 1 aliphatic rings. The van der Waals surface area contributed by atoms with Crippen LogP contribution in [0.2, 0.25) is 0 Å². The van der Waals surface area contributed by atoms with E-state index >= 15 is 0 Å². The average Bonchev–Trinajstić information content (AvgIpc) is 3.64. The van der Waals surface area contributed by atoms with Crippen molar-refractivity contribution in [2.24, 2.45) is 0 Å². The number of aryl methyl sites for hydroxylation is 1. The standard InChI is InChI=1S/C12BF10.C12H14P.C5H5.Zr/c14-3-1(4(15)8(19)11(22)7(3)18)13-2-5(16)9(20)12(23)10(21)6(2)17;1-9-8-10-6-4-5-7-11(10)12(9)13(2)3;1-2-4-5-3-1;/h;4-8H,1-3H3;1-3H,4H2;/q;2*-1;+2. The van der Waals surface area contributed by atoms with Gasteiger partial charge in [0, 0.05) is 0 Å². The van der Waals surface area contributed by atoms with E-state index in [1.165, 1.54) is 16.3 Å². The molecular weight excluding hydrogens is 671 g/mol. The molecule has 0 saturated carbocycles. The van der Waals surface area contributed by atoms with Gasteiger partial charge in [0.1, 0.15) is 0 Å². The first kappa shape index (κ1) is 35.6. The van der Waals surface area contributed by atoms with Crippen molar-refractivity contribution < 1.29 is 70.1 Å². The number of fused-ring (bicyclic) bond motifs is 1. The number of allylic oxidation sites excluding steroid dienone is 4. The van der Waals surface area contributed by atoms with Crippen molar-refractivity contribution in [3.8, 4) is 0 Å². The molecule has 4 aromatic rings. The third-order valence-corrected chi connectivity index (χ3v) is 7.26. The minimum Gasteiger partial charge on any atom is -0.273 e. The van der Waals surface area contributed by atoms with E-state index in [1.54, 1.807) is 5.30 Å². The molecule has 0 bridgehead atoms. The predicted molar refractivity (Wildman–Crippen MR) is 142 cm³/mol. The van der Waals surface area contributed by atoms with Gasteiger partial charge in [-0.2, -0.15) is 12.1 Å². The molecule has 4 aromatic carbocycles. The minimum atomic E-state index is -2.55. The van der Waals surface area contributed by atoms with Crippen LogP contribution >= 0.6 is 7.92 Å². The van der Waals surface area contributed by atoms with Crippen molar-refractivity contribution in [3.63, 3.8) is 0 Å². The van der Waals surface area contributed by atoms with Crippen LogP contribution in [0.1, 0.15) is 12.0 Å². The second-order valence-corrected chi connectivity index (χ2v) is 11.0. The van der Waals surface area contributed by atoms with Crippen LogP contribution in [0.5, 0.6) is 0 Å². The van der Waals surface area contributed by atoms with E-state index < -0.39 is 69.1 Å². The molecule has 13 heteroatoms. The Hall–Kier alpha value is -2.57. The Morgan fingerprint density at radius 2 is 1.12 bits per heavy atom. The number of hydrogen-bond acceptors (Lipinski definition) is 0. The molecule has 1 aliphatic carbocycles. The van der Waals surface area contributed by atoms with Crippen molar-refractivity contribution in [2.75, 3.05) is 13.3 Å². The van der Waals surface area contributed by atoms with Gasteiger partial charge in [0.2, 0.25) is 7.28 Å². The summed E-state index contributed by atoms with van der Waals surface area (Å²) in [7, 11) is -0.348. The van der Waals surface area contributed by atoms with Crippen molar-refractivity contribution in [2.45, 2.75) is 13.3 Å². The molecule has 5 rings (SSSR count). The van der Waals surface area contributed by atoms with E-state index in [-0.39, 0.29) is 41.4 Å². The summed E-state index contributed by atoms with van der Waals surface area (Å²) in [6, 6.07) is 11.0. The molecule has 0 unspecified atom stereocenters. The summed E-state index contributed by atoms with van der Waals surface area (Å²) in [6.07, 6.45) is 10.0. The summed E-state index contributed by atoms with van der Waals surface area (Å²) in [5.41, 5.74) is -2.26. The Kier molecular flexibility index (Phi) is 12.9. The molecule has 0 saturated heterocycles. The number of rotatable bonds is 3. The second-order valence-electron chi connectivity index (χ2n) is 8.77. The molecule has 0 N–H and O–H groups in total. The third kappa shape index (κ3) is 7.49. The first-order chi connectivity index (χ1) is 19.3. The number of hydrogen-bond donors (Lipinski definition) is 0. The van der Waals surface area contributed by atoms with Gasteiger partial charge in [-0.15, -0.1) is 54.2 Å². The van der Waals surface area contributed by atoms with Crippen LogP contribution < -0.4 is 16.2 Å². The first-order valence-corrected chi connectivity index (χ1v) is 13.9. The smallest absolute Gasteiger partial charge is 0.273 e. The van der Waals surface area contributed by atoms with Gasteiger partial charge < -0.3 is 0 Å². The molecule has 0 atom stereocenters. The van der Waals surface area contributed by atoms with Gasteiger partial charge in [-0.1, -0.05) is 13.0 Å². The monoisotopic (exact) mass is 689 g/mol. The predicted octanol–water partition coefficient (Wildman–Crippen LogP) is 7.27. The molecular formula is C29H19BF10PZr. The maximum atomic E-state index is 13.4. The van der Waals surface area contributed by atoms with E-state index in [9.17, 15) is 43.9 Å². The van der Waals surface area contributed by atoms with Crippen LogP contribution in [-0.2, 0) is 26.2 Å². The zero-order valence-electron chi connectivity index (χ0n) is 22.1. The largest absolute Gasteiger partial charge is 2.00 e. The Balaban J connectivity index is 0.000000270. The fraction of sp³-hybridized carbons (Fsp3) is 0.138. The normalized spacial score (nSPS) is 11.7. The van der Waals surface area contributed by atoms with E-state index in [0.29, 0.717) is 0 Å². The Labute approximate surface area is 256 Å². The van der Waals surface area contributed by atoms with Gasteiger partial charge in [-0.25, -0.2) is 56.1 Å². The molecule has 1 radical (unpaired) electrons. The van der Waals surface area contributed by atoms with Crippen LogP contribution in [0.4, 0.5) is 43.9 Å². The van der Waals surface area contributed by atoms with Crippen molar-refractivity contribution in [1.29, 1.82) is 0 Å². The summed E-state index contributed by atoms with van der Waals surface area (Å²) in [4.78, 5) is 0. The van der Waals surface area contributed by atoms with Crippen molar-refractivity contribution in [1.82, 2.24) is 0 Å². The fourth-order valence-electron chi connectivity index (χ4n) is 3.93. The van der Waals surface area contributed by atoms with Crippen molar-refractivity contribution in [3.05, 3.63) is 118 Å². The molecule has 0 aromatic heterocycles. The average molecular weight is 690 g/mol. The number of benzene rings is 3. The van der Waals surface area contributed by atoms with Crippen LogP contribution in [0.15, 0.2) is 48.6 Å². The van der Waals surface area contributed by atoms with Crippen LogP contribution in [0.25, 0.3) is 10.8 Å². The third-order valence-electron chi connectivity index (χ3n) is 5.77. The zero-order chi connectivity index (χ0) is 30.6. The minimum absolute atomic E-state index is 0. The molecule has 0 nitrogen and oxygen atoms in total. The van der Waals surface area contributed by atoms with Gasteiger partial charge in [0.05, 0.1) is 0 Å². The summed E-state index contributed by atoms with van der Waals surface area (Å²) in [5.74, 6) is -24.9. The Bertz CT molecular complexity index is 1510.